The highest BCUT2D eigenvalue weighted by atomic mass is 32.2. The van der Waals surface area contributed by atoms with Crippen molar-refractivity contribution in [1.82, 2.24) is 10.2 Å². The van der Waals surface area contributed by atoms with Gasteiger partial charge in [0.15, 0.2) is 0 Å². The first-order chi connectivity index (χ1) is 8.22. The monoisotopic (exact) mass is 250 g/mol. The van der Waals surface area contributed by atoms with Gasteiger partial charge in [-0.05, 0) is 37.5 Å². The average molecular weight is 250 g/mol. The van der Waals surface area contributed by atoms with Crippen molar-refractivity contribution in [3.05, 3.63) is 29.8 Å². The number of benzene rings is 1. The summed E-state index contributed by atoms with van der Waals surface area (Å²) in [6.07, 6.45) is 0. The molecule has 1 aromatic carbocycles. The van der Waals surface area contributed by atoms with Crippen molar-refractivity contribution in [3.8, 4) is 0 Å². The molecule has 1 aliphatic heterocycles. The van der Waals surface area contributed by atoms with E-state index in [1.807, 2.05) is 11.8 Å². The lowest BCUT2D eigenvalue weighted by atomic mass is 9.88. The summed E-state index contributed by atoms with van der Waals surface area (Å²) in [5.74, 6) is 1.90. The first-order valence-corrected chi connectivity index (χ1v) is 7.31. The smallest absolute Gasteiger partial charge is 0.0394 e. The first kappa shape index (κ1) is 12.9. The minimum atomic E-state index is 0.553. The summed E-state index contributed by atoms with van der Waals surface area (Å²) in [4.78, 5) is 3.72. The van der Waals surface area contributed by atoms with Gasteiger partial charge in [0, 0.05) is 29.9 Å². The Balaban J connectivity index is 2.12. The van der Waals surface area contributed by atoms with Gasteiger partial charge < -0.3 is 10.2 Å². The largest absolute Gasteiger partial charge is 0.316 e. The van der Waals surface area contributed by atoms with Crippen molar-refractivity contribution < 1.29 is 0 Å². The fourth-order valence-electron chi connectivity index (χ4n) is 2.45. The van der Waals surface area contributed by atoms with Crippen LogP contribution in [0.2, 0.25) is 0 Å². The topological polar surface area (TPSA) is 15.3 Å². The van der Waals surface area contributed by atoms with Crippen LogP contribution in [0.25, 0.3) is 0 Å². The molecule has 1 unspecified atom stereocenters. The van der Waals surface area contributed by atoms with Gasteiger partial charge in [-0.2, -0.15) is 0 Å². The molecular formula is C14H22N2S. The van der Waals surface area contributed by atoms with Crippen LogP contribution in [0.5, 0.6) is 0 Å². The van der Waals surface area contributed by atoms with E-state index in [1.165, 1.54) is 10.5 Å². The second-order valence-electron chi connectivity index (χ2n) is 4.83. The van der Waals surface area contributed by atoms with Crippen LogP contribution in [0.3, 0.4) is 0 Å². The Morgan fingerprint density at radius 2 is 1.94 bits per heavy atom. The Hall–Kier alpha value is -0.510. The summed E-state index contributed by atoms with van der Waals surface area (Å²) in [6, 6.07) is 9.65. The van der Waals surface area contributed by atoms with Crippen LogP contribution >= 0.6 is 11.8 Å². The van der Waals surface area contributed by atoms with Crippen LogP contribution in [-0.4, -0.2) is 37.8 Å². The quantitative estimate of drug-likeness (QED) is 0.809. The molecule has 0 spiro atoms. The second kappa shape index (κ2) is 5.89. The molecule has 1 aromatic rings. The minimum Gasteiger partial charge on any atom is -0.316 e. The van der Waals surface area contributed by atoms with Crippen molar-refractivity contribution in [3.63, 3.8) is 0 Å². The zero-order valence-corrected chi connectivity index (χ0v) is 11.8. The van der Waals surface area contributed by atoms with Crippen LogP contribution in [0, 0.1) is 5.92 Å². The molecule has 0 aliphatic carbocycles. The Bertz CT molecular complexity index is 344. The summed E-state index contributed by atoms with van der Waals surface area (Å²) in [5.41, 5.74) is 1.45. The van der Waals surface area contributed by atoms with Crippen molar-refractivity contribution >= 4 is 11.8 Å². The average Bonchev–Trinajstić information content (AvgIpc) is 2.24. The van der Waals surface area contributed by atoms with E-state index in [4.69, 9.17) is 0 Å². The van der Waals surface area contributed by atoms with E-state index in [9.17, 15) is 0 Å². The molecule has 1 atom stereocenters. The Labute approximate surface area is 109 Å². The van der Waals surface area contributed by atoms with E-state index < -0.39 is 0 Å². The van der Waals surface area contributed by atoms with Crippen LogP contribution in [0.15, 0.2) is 29.2 Å². The fourth-order valence-corrected chi connectivity index (χ4v) is 3.12. The van der Waals surface area contributed by atoms with E-state index >= 15 is 0 Å². The molecule has 1 saturated heterocycles. The highest BCUT2D eigenvalue weighted by molar-refractivity contribution is 7.99. The number of hydrogen-bond acceptors (Lipinski definition) is 3. The lowest BCUT2D eigenvalue weighted by Gasteiger charge is -2.38. The van der Waals surface area contributed by atoms with Crippen LogP contribution in [-0.2, 0) is 0 Å². The molecule has 17 heavy (non-hydrogen) atoms. The van der Waals surface area contributed by atoms with Gasteiger partial charge in [0.2, 0.25) is 0 Å². The van der Waals surface area contributed by atoms with Gasteiger partial charge in [-0.25, -0.2) is 0 Å². The molecule has 0 bridgehead atoms. The van der Waals surface area contributed by atoms with E-state index in [-0.39, 0.29) is 0 Å². The first-order valence-electron chi connectivity index (χ1n) is 6.32. The third-order valence-corrected chi connectivity index (χ3v) is 4.24. The molecule has 94 valence electrons. The van der Waals surface area contributed by atoms with Crippen molar-refractivity contribution in [2.24, 2.45) is 5.92 Å². The van der Waals surface area contributed by atoms with Crippen molar-refractivity contribution in [2.45, 2.75) is 17.9 Å². The number of nitrogens with zero attached hydrogens (tertiary/aromatic N) is 1. The molecule has 1 aliphatic rings. The molecule has 3 heteroatoms. The number of thioether (sulfide) groups is 1. The maximum absolute atomic E-state index is 3.37. The van der Waals surface area contributed by atoms with Gasteiger partial charge in [-0.3, -0.25) is 0 Å². The predicted octanol–water partition coefficient (Wildman–Crippen LogP) is 2.62. The van der Waals surface area contributed by atoms with Crippen LogP contribution in [0.4, 0.5) is 0 Å². The second-order valence-corrected chi connectivity index (χ2v) is 6.17. The molecule has 1 heterocycles. The lowest BCUT2D eigenvalue weighted by molar-refractivity contribution is 0.161. The zero-order chi connectivity index (χ0) is 12.3. The SMILES string of the molecule is CCSc1ccc(C(C2CNC2)N(C)C)cc1. The number of hydrogen-bond donors (Lipinski definition) is 1. The van der Waals surface area contributed by atoms with Crippen molar-refractivity contribution in [1.29, 1.82) is 0 Å². The number of rotatable bonds is 5. The van der Waals surface area contributed by atoms with Gasteiger partial charge in [0.05, 0.1) is 0 Å². The summed E-state index contributed by atoms with van der Waals surface area (Å²) in [7, 11) is 4.36. The summed E-state index contributed by atoms with van der Waals surface area (Å²) >= 11 is 1.91. The van der Waals surface area contributed by atoms with E-state index in [1.54, 1.807) is 0 Å². The molecular weight excluding hydrogens is 228 g/mol. The highest BCUT2D eigenvalue weighted by Gasteiger charge is 2.29. The van der Waals surface area contributed by atoms with Gasteiger partial charge in [0.1, 0.15) is 0 Å². The van der Waals surface area contributed by atoms with Crippen LogP contribution < -0.4 is 5.32 Å². The van der Waals surface area contributed by atoms with Gasteiger partial charge >= 0.3 is 0 Å². The highest BCUT2D eigenvalue weighted by Crippen LogP contribution is 2.30. The van der Waals surface area contributed by atoms with Crippen molar-refractivity contribution in [2.75, 3.05) is 32.9 Å². The Morgan fingerprint density at radius 1 is 1.29 bits per heavy atom. The van der Waals surface area contributed by atoms with Crippen LogP contribution in [0.1, 0.15) is 18.5 Å². The molecule has 0 radical (unpaired) electrons. The molecule has 2 nitrogen and oxygen atoms in total. The zero-order valence-electron chi connectivity index (χ0n) is 10.9. The summed E-state index contributed by atoms with van der Waals surface area (Å²) < 4.78 is 0. The van der Waals surface area contributed by atoms with Gasteiger partial charge in [0.25, 0.3) is 0 Å². The standard InChI is InChI=1S/C14H22N2S/c1-4-17-13-7-5-11(6-8-13)14(16(2)3)12-9-15-10-12/h5-8,12,14-15H,4,9-10H2,1-3H3. The molecule has 1 fully saturated rings. The molecule has 0 aromatic heterocycles. The molecule has 0 saturated carbocycles. The number of nitrogens with one attached hydrogen (secondary N) is 1. The third-order valence-electron chi connectivity index (χ3n) is 3.35. The molecule has 1 N–H and O–H groups in total. The van der Waals surface area contributed by atoms with E-state index in [0.29, 0.717) is 6.04 Å². The third kappa shape index (κ3) is 3.03. The predicted molar refractivity (Wildman–Crippen MR) is 75.6 cm³/mol. The van der Waals surface area contributed by atoms with E-state index in [0.717, 1.165) is 24.8 Å². The Morgan fingerprint density at radius 3 is 2.35 bits per heavy atom. The van der Waals surface area contributed by atoms with Gasteiger partial charge in [-0.15, -0.1) is 11.8 Å². The molecule has 0 amide bonds. The summed E-state index contributed by atoms with van der Waals surface area (Å²) in [6.45, 7) is 4.49. The maximum atomic E-state index is 3.37. The lowest BCUT2D eigenvalue weighted by Crippen LogP contribution is -2.48. The molecule has 2 rings (SSSR count). The maximum Gasteiger partial charge on any atom is 0.0394 e. The normalized spacial score (nSPS) is 18.1. The fraction of sp³-hybridized carbons (Fsp3) is 0.571. The summed E-state index contributed by atoms with van der Waals surface area (Å²) in [5, 5.41) is 3.37. The van der Waals surface area contributed by atoms with E-state index in [2.05, 4.69) is 55.5 Å². The van der Waals surface area contributed by atoms with Gasteiger partial charge in [-0.1, -0.05) is 19.1 Å². The Kier molecular flexibility index (Phi) is 4.48. The minimum absolute atomic E-state index is 0.553.